The predicted molar refractivity (Wildman–Crippen MR) is 116 cm³/mol. The lowest BCUT2D eigenvalue weighted by Gasteiger charge is -2.14. The molecule has 0 fully saturated rings. The molecule has 6 nitrogen and oxygen atoms in total. The number of rotatable bonds is 8. The van der Waals surface area contributed by atoms with E-state index in [-0.39, 0.29) is 0 Å². The smallest absolute Gasteiger partial charge is 0.193 e. The van der Waals surface area contributed by atoms with Gasteiger partial charge in [0.05, 0.1) is 18.9 Å². The molecule has 0 amide bonds. The highest BCUT2D eigenvalue weighted by atomic mass is 16.5. The number of hydrogen-bond acceptors (Lipinski definition) is 3. The number of nitrogens with zero attached hydrogens (tertiary/aromatic N) is 1. The monoisotopic (exact) mass is 380 g/mol. The fourth-order valence-corrected chi connectivity index (χ4v) is 3.19. The molecule has 0 spiro atoms. The van der Waals surface area contributed by atoms with Crippen LogP contribution >= 0.6 is 0 Å². The van der Waals surface area contributed by atoms with Crippen LogP contribution in [0.4, 0.5) is 5.69 Å². The number of aliphatic imine (C=N–C) groups is 1. The summed E-state index contributed by atoms with van der Waals surface area (Å²) in [6.07, 6.45) is 2.86. The van der Waals surface area contributed by atoms with Gasteiger partial charge in [-0.25, -0.2) is 0 Å². The number of guanidine groups is 1. The zero-order valence-corrected chi connectivity index (χ0v) is 16.7. The first-order chi connectivity index (χ1) is 13.6. The molecular formula is C22H28N4O2. The number of benzene rings is 2. The molecule has 0 aliphatic rings. The van der Waals surface area contributed by atoms with Crippen molar-refractivity contribution in [2.45, 2.75) is 27.2 Å². The van der Waals surface area contributed by atoms with Gasteiger partial charge in [-0.05, 0) is 50.5 Å². The van der Waals surface area contributed by atoms with Gasteiger partial charge in [0.15, 0.2) is 5.96 Å². The second-order valence-electron chi connectivity index (χ2n) is 6.48. The lowest BCUT2D eigenvalue weighted by molar-refractivity contribution is 0.332. The van der Waals surface area contributed by atoms with Gasteiger partial charge in [0.25, 0.3) is 0 Å². The van der Waals surface area contributed by atoms with Gasteiger partial charge in [-0.1, -0.05) is 18.2 Å². The van der Waals surface area contributed by atoms with Gasteiger partial charge < -0.3 is 25.5 Å². The zero-order valence-electron chi connectivity index (χ0n) is 16.7. The van der Waals surface area contributed by atoms with E-state index in [2.05, 4.69) is 46.6 Å². The summed E-state index contributed by atoms with van der Waals surface area (Å²) >= 11 is 0. The fourth-order valence-electron chi connectivity index (χ4n) is 3.19. The van der Waals surface area contributed by atoms with Crippen LogP contribution in [0.5, 0.6) is 11.5 Å². The molecule has 3 aromatic rings. The first kappa shape index (κ1) is 19.6. The molecular weight excluding hydrogens is 352 g/mol. The summed E-state index contributed by atoms with van der Waals surface area (Å²) in [4.78, 5) is 7.82. The minimum atomic E-state index is 0.352. The van der Waals surface area contributed by atoms with Crippen LogP contribution in [0.15, 0.2) is 47.6 Å². The Morgan fingerprint density at radius 3 is 2.75 bits per heavy atom. The van der Waals surface area contributed by atoms with Crippen molar-refractivity contribution in [2.24, 2.45) is 10.7 Å². The van der Waals surface area contributed by atoms with E-state index in [1.165, 1.54) is 22.0 Å². The Hall–Kier alpha value is -3.15. The average molecular weight is 380 g/mol. The summed E-state index contributed by atoms with van der Waals surface area (Å²) in [5.41, 5.74) is 10.5. The summed E-state index contributed by atoms with van der Waals surface area (Å²) in [7, 11) is 0. The Kier molecular flexibility index (Phi) is 6.42. The summed E-state index contributed by atoms with van der Waals surface area (Å²) in [6, 6.07) is 11.9. The van der Waals surface area contributed by atoms with Crippen molar-refractivity contribution in [3.8, 4) is 11.5 Å². The molecule has 4 N–H and O–H groups in total. The molecule has 3 rings (SSSR count). The van der Waals surface area contributed by atoms with E-state index in [1.807, 2.05) is 32.0 Å². The maximum Gasteiger partial charge on any atom is 0.193 e. The zero-order chi connectivity index (χ0) is 19.9. The van der Waals surface area contributed by atoms with Crippen LogP contribution in [0.1, 0.15) is 25.0 Å². The molecule has 0 aliphatic carbocycles. The summed E-state index contributed by atoms with van der Waals surface area (Å²) in [5.74, 6) is 1.83. The number of hydrogen-bond donors (Lipinski definition) is 3. The Labute approximate surface area is 165 Å². The van der Waals surface area contributed by atoms with Crippen molar-refractivity contribution in [2.75, 3.05) is 25.1 Å². The van der Waals surface area contributed by atoms with Gasteiger partial charge in [0, 0.05) is 29.7 Å². The highest BCUT2D eigenvalue weighted by Crippen LogP contribution is 2.29. The van der Waals surface area contributed by atoms with Crippen LogP contribution in [0.2, 0.25) is 0 Å². The molecule has 2 aromatic carbocycles. The molecule has 0 unspecified atom stereocenters. The number of aromatic amines is 1. The van der Waals surface area contributed by atoms with Crippen molar-refractivity contribution < 1.29 is 9.47 Å². The van der Waals surface area contributed by atoms with E-state index in [4.69, 9.17) is 15.2 Å². The number of aryl methyl sites for hydroxylation is 1. The molecule has 0 saturated carbocycles. The van der Waals surface area contributed by atoms with E-state index in [0.717, 1.165) is 23.6 Å². The standard InChI is InChI=1S/C22H28N4O2/c1-4-27-17-9-10-20(28-5-2)19(13-17)26-22(23)24-12-11-16-14-25-21-15(3)7-6-8-18(16)21/h6-10,13-14,25H,4-5,11-12H2,1-3H3,(H3,23,24,26). The quantitative estimate of drug-likeness (QED) is 0.403. The highest BCUT2D eigenvalue weighted by molar-refractivity contribution is 5.94. The number of ether oxygens (including phenoxy) is 2. The van der Waals surface area contributed by atoms with Crippen LogP contribution < -0.4 is 20.5 Å². The fraction of sp³-hybridized carbons (Fsp3) is 0.318. The Morgan fingerprint density at radius 2 is 1.96 bits per heavy atom. The van der Waals surface area contributed by atoms with E-state index in [0.29, 0.717) is 25.7 Å². The predicted octanol–water partition coefficient (Wildman–Crippen LogP) is 4.24. The third-order valence-corrected chi connectivity index (χ3v) is 4.50. The molecule has 0 radical (unpaired) electrons. The Bertz CT molecular complexity index is 962. The van der Waals surface area contributed by atoms with Crippen molar-refractivity contribution in [3.05, 3.63) is 53.7 Å². The molecule has 0 bridgehead atoms. The number of para-hydroxylation sites is 1. The van der Waals surface area contributed by atoms with Gasteiger partial charge in [-0.2, -0.15) is 0 Å². The van der Waals surface area contributed by atoms with Crippen molar-refractivity contribution in [1.29, 1.82) is 0 Å². The number of nitrogens with two attached hydrogens (primary N) is 1. The van der Waals surface area contributed by atoms with Crippen LogP contribution in [0, 0.1) is 6.92 Å². The van der Waals surface area contributed by atoms with Gasteiger partial charge in [0.1, 0.15) is 11.5 Å². The molecule has 28 heavy (non-hydrogen) atoms. The molecule has 0 atom stereocenters. The maximum atomic E-state index is 6.11. The third kappa shape index (κ3) is 4.57. The molecule has 0 aliphatic heterocycles. The van der Waals surface area contributed by atoms with Crippen LogP contribution in [0.25, 0.3) is 10.9 Å². The SMILES string of the molecule is CCOc1ccc(OCC)c(NC(N)=NCCc2c[nH]c3c(C)cccc23)c1. The van der Waals surface area contributed by atoms with E-state index < -0.39 is 0 Å². The topological polar surface area (TPSA) is 84.7 Å². The minimum Gasteiger partial charge on any atom is -0.494 e. The number of aromatic nitrogens is 1. The van der Waals surface area contributed by atoms with Crippen molar-refractivity contribution >= 4 is 22.5 Å². The van der Waals surface area contributed by atoms with Gasteiger partial charge in [-0.15, -0.1) is 0 Å². The third-order valence-electron chi connectivity index (χ3n) is 4.50. The van der Waals surface area contributed by atoms with Crippen LogP contribution in [-0.4, -0.2) is 30.7 Å². The van der Waals surface area contributed by atoms with Crippen molar-refractivity contribution in [1.82, 2.24) is 4.98 Å². The largest absolute Gasteiger partial charge is 0.494 e. The van der Waals surface area contributed by atoms with Crippen molar-refractivity contribution in [3.63, 3.8) is 0 Å². The normalized spacial score (nSPS) is 11.6. The van der Waals surface area contributed by atoms with Gasteiger partial charge in [0.2, 0.25) is 0 Å². The van der Waals surface area contributed by atoms with Gasteiger partial charge in [-0.3, -0.25) is 4.99 Å². The number of anilines is 1. The molecule has 1 aromatic heterocycles. The maximum absolute atomic E-state index is 6.11. The highest BCUT2D eigenvalue weighted by Gasteiger charge is 2.08. The summed E-state index contributed by atoms with van der Waals surface area (Å²) in [5, 5.41) is 4.38. The Morgan fingerprint density at radius 1 is 1.14 bits per heavy atom. The molecule has 6 heteroatoms. The van der Waals surface area contributed by atoms with Crippen LogP contribution in [0.3, 0.4) is 0 Å². The second-order valence-corrected chi connectivity index (χ2v) is 6.48. The molecule has 148 valence electrons. The first-order valence-corrected chi connectivity index (χ1v) is 9.64. The van der Waals surface area contributed by atoms with Gasteiger partial charge >= 0.3 is 0 Å². The summed E-state index contributed by atoms with van der Waals surface area (Å²) < 4.78 is 11.2. The molecule has 1 heterocycles. The van der Waals surface area contributed by atoms with E-state index in [1.54, 1.807) is 0 Å². The summed E-state index contributed by atoms with van der Waals surface area (Å²) in [6.45, 7) is 7.76. The molecule has 0 saturated heterocycles. The average Bonchev–Trinajstić information content (AvgIpc) is 3.09. The number of fused-ring (bicyclic) bond motifs is 1. The van der Waals surface area contributed by atoms with E-state index >= 15 is 0 Å². The number of H-pyrrole nitrogens is 1. The Balaban J connectivity index is 1.68. The first-order valence-electron chi connectivity index (χ1n) is 9.64. The lowest BCUT2D eigenvalue weighted by Crippen LogP contribution is -2.23. The van der Waals surface area contributed by atoms with E-state index in [9.17, 15) is 0 Å². The second kappa shape index (κ2) is 9.17. The lowest BCUT2D eigenvalue weighted by atomic mass is 10.1. The number of nitrogens with one attached hydrogen (secondary N) is 2. The minimum absolute atomic E-state index is 0.352. The van der Waals surface area contributed by atoms with Crippen LogP contribution in [-0.2, 0) is 6.42 Å².